The van der Waals surface area contributed by atoms with Gasteiger partial charge in [-0.25, -0.2) is 9.50 Å². The number of carbonyl (C=O) groups is 2. The molecule has 8 nitrogen and oxygen atoms in total. The quantitative estimate of drug-likeness (QED) is 0.830. The Kier molecular flexibility index (Phi) is 4.44. The molecule has 0 unspecified atom stereocenters. The fraction of sp³-hybridized carbons (Fsp3) is 0.619. The van der Waals surface area contributed by atoms with E-state index in [9.17, 15) is 14.4 Å². The highest BCUT2D eigenvalue weighted by atomic mass is 16.2. The molecule has 2 amide bonds. The van der Waals surface area contributed by atoms with Gasteiger partial charge in [0.2, 0.25) is 11.8 Å². The summed E-state index contributed by atoms with van der Waals surface area (Å²) < 4.78 is 1.53. The van der Waals surface area contributed by atoms with Crippen LogP contribution in [0.5, 0.6) is 0 Å². The highest BCUT2D eigenvalue weighted by molar-refractivity contribution is 5.79. The van der Waals surface area contributed by atoms with Crippen LogP contribution in [0.2, 0.25) is 0 Å². The molecule has 2 aromatic heterocycles. The van der Waals surface area contributed by atoms with Gasteiger partial charge >= 0.3 is 0 Å². The zero-order valence-electron chi connectivity index (χ0n) is 16.8. The van der Waals surface area contributed by atoms with Gasteiger partial charge in [-0.3, -0.25) is 19.5 Å². The summed E-state index contributed by atoms with van der Waals surface area (Å²) in [5.74, 6) is 0.747. The maximum Gasteiger partial charge on any atom is 0.277 e. The molecule has 0 aromatic carbocycles. The van der Waals surface area contributed by atoms with Gasteiger partial charge in [-0.2, -0.15) is 0 Å². The largest absolute Gasteiger partial charge is 0.343 e. The number of carbonyl (C=O) groups excluding carboxylic acids is 2. The van der Waals surface area contributed by atoms with E-state index in [2.05, 4.69) is 5.10 Å². The van der Waals surface area contributed by atoms with Gasteiger partial charge < -0.3 is 9.80 Å². The number of nitrogens with one attached hydrogen (secondary N) is 1. The van der Waals surface area contributed by atoms with Crippen molar-refractivity contribution in [2.75, 3.05) is 19.6 Å². The Labute approximate surface area is 168 Å². The third-order valence-corrected chi connectivity index (χ3v) is 6.93. The van der Waals surface area contributed by atoms with Crippen LogP contribution in [-0.2, 0) is 22.6 Å². The SMILES string of the molecule is CC(=O)N1CCC(c2cc3nc4c(c(=O)n3[nH]2)CN(C(=O)C2CCC2)CC4)CC1. The molecule has 0 spiro atoms. The summed E-state index contributed by atoms with van der Waals surface area (Å²) in [5.41, 5.74) is 3.02. The van der Waals surface area contributed by atoms with Crippen LogP contribution in [-0.4, -0.2) is 55.8 Å². The fourth-order valence-electron chi connectivity index (χ4n) is 4.82. The molecule has 4 heterocycles. The number of aromatic amines is 1. The van der Waals surface area contributed by atoms with Crippen LogP contribution >= 0.6 is 0 Å². The number of hydrogen-bond acceptors (Lipinski definition) is 4. The molecule has 1 saturated carbocycles. The number of rotatable bonds is 2. The van der Waals surface area contributed by atoms with Crippen LogP contribution in [0.4, 0.5) is 0 Å². The van der Waals surface area contributed by atoms with E-state index >= 15 is 0 Å². The van der Waals surface area contributed by atoms with E-state index in [1.807, 2.05) is 15.9 Å². The molecule has 2 aromatic rings. The van der Waals surface area contributed by atoms with Crippen LogP contribution in [0.15, 0.2) is 10.9 Å². The fourth-order valence-corrected chi connectivity index (χ4v) is 4.82. The third kappa shape index (κ3) is 3.14. The van der Waals surface area contributed by atoms with E-state index < -0.39 is 0 Å². The Morgan fingerprint density at radius 1 is 1.10 bits per heavy atom. The third-order valence-electron chi connectivity index (χ3n) is 6.93. The number of nitrogens with zero attached hydrogens (tertiary/aromatic N) is 4. The molecule has 1 aliphatic carbocycles. The maximum absolute atomic E-state index is 13.1. The highest BCUT2D eigenvalue weighted by Gasteiger charge is 2.33. The highest BCUT2D eigenvalue weighted by Crippen LogP contribution is 2.30. The van der Waals surface area contributed by atoms with E-state index in [1.165, 1.54) is 4.52 Å². The average Bonchev–Trinajstić information content (AvgIpc) is 3.11. The van der Waals surface area contributed by atoms with Crippen LogP contribution in [0.25, 0.3) is 5.65 Å². The molecule has 1 saturated heterocycles. The number of amides is 2. The first-order valence-corrected chi connectivity index (χ1v) is 10.7. The smallest absolute Gasteiger partial charge is 0.277 e. The molecule has 5 rings (SSSR count). The van der Waals surface area contributed by atoms with Crippen molar-refractivity contribution in [1.82, 2.24) is 24.4 Å². The van der Waals surface area contributed by atoms with Crippen molar-refractivity contribution < 1.29 is 9.59 Å². The predicted octanol–water partition coefficient (Wildman–Crippen LogP) is 1.43. The summed E-state index contributed by atoms with van der Waals surface area (Å²) >= 11 is 0. The molecule has 154 valence electrons. The van der Waals surface area contributed by atoms with E-state index in [1.54, 1.807) is 6.92 Å². The van der Waals surface area contributed by atoms with Gasteiger partial charge in [0, 0.05) is 56.6 Å². The number of piperidine rings is 1. The second-order valence-electron chi connectivity index (χ2n) is 8.67. The lowest BCUT2D eigenvalue weighted by atomic mass is 9.84. The van der Waals surface area contributed by atoms with Crippen molar-refractivity contribution >= 4 is 17.5 Å². The van der Waals surface area contributed by atoms with Gasteiger partial charge in [-0.05, 0) is 25.7 Å². The van der Waals surface area contributed by atoms with E-state index in [4.69, 9.17) is 4.98 Å². The van der Waals surface area contributed by atoms with Gasteiger partial charge in [0.05, 0.1) is 17.8 Å². The topological polar surface area (TPSA) is 90.8 Å². The zero-order chi connectivity index (χ0) is 20.1. The zero-order valence-corrected chi connectivity index (χ0v) is 16.8. The van der Waals surface area contributed by atoms with Crippen LogP contribution in [0.1, 0.15) is 61.9 Å². The minimum absolute atomic E-state index is 0.0940. The molecule has 1 N–H and O–H groups in total. The van der Waals surface area contributed by atoms with Gasteiger partial charge in [-0.15, -0.1) is 0 Å². The van der Waals surface area contributed by atoms with Crippen molar-refractivity contribution in [1.29, 1.82) is 0 Å². The maximum atomic E-state index is 13.1. The molecular formula is C21H27N5O3. The van der Waals surface area contributed by atoms with Crippen molar-refractivity contribution in [3.8, 4) is 0 Å². The molecule has 3 aliphatic rings. The average molecular weight is 397 g/mol. The first-order valence-electron chi connectivity index (χ1n) is 10.7. The minimum Gasteiger partial charge on any atom is -0.343 e. The Morgan fingerprint density at radius 2 is 1.86 bits per heavy atom. The lowest BCUT2D eigenvalue weighted by molar-refractivity contribution is -0.139. The minimum atomic E-state index is -0.0940. The normalized spacial score (nSPS) is 20.6. The summed E-state index contributed by atoms with van der Waals surface area (Å²) in [6, 6.07) is 1.97. The van der Waals surface area contributed by atoms with Gasteiger partial charge in [-0.1, -0.05) is 6.42 Å². The lowest BCUT2D eigenvalue weighted by Gasteiger charge is -2.34. The second kappa shape index (κ2) is 7.00. The van der Waals surface area contributed by atoms with Crippen molar-refractivity contribution in [3.05, 3.63) is 33.4 Å². The summed E-state index contributed by atoms with van der Waals surface area (Å²) in [6.45, 7) is 4.10. The molecule has 8 heteroatoms. The number of H-pyrrole nitrogens is 1. The Morgan fingerprint density at radius 3 is 2.52 bits per heavy atom. The van der Waals surface area contributed by atoms with Crippen molar-refractivity contribution in [2.24, 2.45) is 5.92 Å². The summed E-state index contributed by atoms with van der Waals surface area (Å²) in [6.07, 6.45) is 5.47. The molecule has 2 fully saturated rings. The number of likely N-dealkylation sites (tertiary alicyclic amines) is 1. The standard InChI is InChI=1S/C21H27N5O3/c1-13(27)24-8-5-14(6-9-24)18-11-19-22-17-7-10-25(20(28)15-3-2-4-15)12-16(17)21(29)26(19)23-18/h11,14-15,23H,2-10,12H2,1H3. The summed E-state index contributed by atoms with van der Waals surface area (Å²) in [7, 11) is 0. The van der Waals surface area contributed by atoms with E-state index in [-0.39, 0.29) is 23.3 Å². The summed E-state index contributed by atoms with van der Waals surface area (Å²) in [5, 5.41) is 3.25. The Bertz CT molecular complexity index is 1030. The monoisotopic (exact) mass is 397 g/mol. The first-order chi connectivity index (χ1) is 14.0. The Balaban J connectivity index is 1.40. The molecule has 2 aliphatic heterocycles. The Hall–Kier alpha value is -2.64. The molecular weight excluding hydrogens is 370 g/mol. The van der Waals surface area contributed by atoms with Gasteiger partial charge in [0.1, 0.15) is 0 Å². The van der Waals surface area contributed by atoms with Gasteiger partial charge in [0.25, 0.3) is 5.56 Å². The molecule has 0 atom stereocenters. The molecule has 29 heavy (non-hydrogen) atoms. The number of fused-ring (bicyclic) bond motifs is 2. The second-order valence-corrected chi connectivity index (χ2v) is 8.67. The van der Waals surface area contributed by atoms with E-state index in [0.717, 1.165) is 56.6 Å². The summed E-state index contributed by atoms with van der Waals surface area (Å²) in [4.78, 5) is 45.7. The van der Waals surface area contributed by atoms with Crippen molar-refractivity contribution in [2.45, 2.75) is 57.9 Å². The predicted molar refractivity (Wildman–Crippen MR) is 107 cm³/mol. The van der Waals surface area contributed by atoms with Gasteiger partial charge in [0.15, 0.2) is 5.65 Å². The first kappa shape index (κ1) is 18.4. The van der Waals surface area contributed by atoms with Crippen LogP contribution < -0.4 is 5.56 Å². The number of hydrogen-bond donors (Lipinski definition) is 1. The lowest BCUT2D eigenvalue weighted by Crippen LogP contribution is -2.44. The van der Waals surface area contributed by atoms with Crippen LogP contribution in [0, 0.1) is 5.92 Å². The van der Waals surface area contributed by atoms with Crippen molar-refractivity contribution in [3.63, 3.8) is 0 Å². The molecule has 0 bridgehead atoms. The molecule has 0 radical (unpaired) electrons. The number of aromatic nitrogens is 3. The van der Waals surface area contributed by atoms with Crippen LogP contribution in [0.3, 0.4) is 0 Å². The van der Waals surface area contributed by atoms with E-state index in [0.29, 0.717) is 36.6 Å².